The van der Waals surface area contributed by atoms with E-state index in [9.17, 15) is 0 Å². The molecular weight excluding hydrogens is 271 g/mol. The van der Waals surface area contributed by atoms with Crippen LogP contribution in [0, 0.1) is 11.6 Å². The molecule has 0 N–H and O–H groups in total. The molecule has 2 aliphatic carbocycles. The molecular formula is C20H27P. The maximum absolute atomic E-state index is 3.79. The Labute approximate surface area is 131 Å². The lowest BCUT2D eigenvalue weighted by atomic mass is 9.99. The van der Waals surface area contributed by atoms with Crippen LogP contribution < -0.4 is 0 Å². The molecule has 0 saturated heterocycles. The maximum Gasteiger partial charge on any atom is 0.0248 e. The lowest BCUT2D eigenvalue weighted by Crippen LogP contribution is -2.19. The summed E-state index contributed by atoms with van der Waals surface area (Å²) in [6.45, 7) is 0. The molecule has 2 saturated carbocycles. The van der Waals surface area contributed by atoms with E-state index in [4.69, 9.17) is 0 Å². The van der Waals surface area contributed by atoms with Crippen molar-refractivity contribution in [3.05, 3.63) is 35.9 Å². The second kappa shape index (κ2) is 8.00. The first-order chi connectivity index (χ1) is 10.4. The van der Waals surface area contributed by atoms with Gasteiger partial charge in [0.25, 0.3) is 0 Å². The van der Waals surface area contributed by atoms with Gasteiger partial charge in [-0.15, -0.1) is 0 Å². The Bertz CT molecular complexity index is 452. The molecule has 0 radical (unpaired) electrons. The van der Waals surface area contributed by atoms with E-state index in [1.807, 2.05) is 0 Å². The van der Waals surface area contributed by atoms with Gasteiger partial charge in [-0.3, -0.25) is 0 Å². The van der Waals surface area contributed by atoms with Crippen LogP contribution in [-0.4, -0.2) is 11.3 Å². The molecule has 0 aromatic heterocycles. The fourth-order valence-corrected chi connectivity index (χ4v) is 6.91. The largest absolute Gasteiger partial charge is 0.0707 e. The number of hydrogen-bond donors (Lipinski definition) is 0. The van der Waals surface area contributed by atoms with Crippen LogP contribution in [0.4, 0.5) is 0 Å². The lowest BCUT2D eigenvalue weighted by Gasteiger charge is -2.34. The van der Waals surface area contributed by atoms with Gasteiger partial charge in [0.05, 0.1) is 0 Å². The van der Waals surface area contributed by atoms with Gasteiger partial charge in [0, 0.05) is 5.56 Å². The van der Waals surface area contributed by atoms with Gasteiger partial charge >= 0.3 is 0 Å². The topological polar surface area (TPSA) is 0 Å². The van der Waals surface area contributed by atoms with E-state index in [0.29, 0.717) is 0 Å². The first-order valence-electron chi connectivity index (χ1n) is 8.78. The molecule has 0 aliphatic heterocycles. The highest BCUT2D eigenvalue weighted by atomic mass is 31.1. The van der Waals surface area contributed by atoms with Crippen LogP contribution in [0.5, 0.6) is 0 Å². The van der Waals surface area contributed by atoms with Crippen LogP contribution in [0.1, 0.15) is 69.8 Å². The van der Waals surface area contributed by atoms with Crippen LogP contribution in [0.25, 0.3) is 0 Å². The zero-order valence-electron chi connectivity index (χ0n) is 13.1. The highest BCUT2D eigenvalue weighted by Crippen LogP contribution is 2.54. The molecule has 1 aromatic rings. The minimum absolute atomic E-state index is 0.0818. The van der Waals surface area contributed by atoms with Crippen molar-refractivity contribution in [3.63, 3.8) is 0 Å². The van der Waals surface area contributed by atoms with Gasteiger partial charge in [0.15, 0.2) is 0 Å². The van der Waals surface area contributed by atoms with Crippen LogP contribution >= 0.6 is 7.92 Å². The Balaban J connectivity index is 1.76. The average molecular weight is 298 g/mol. The maximum atomic E-state index is 3.79. The molecule has 2 fully saturated rings. The van der Waals surface area contributed by atoms with Crippen molar-refractivity contribution in [3.8, 4) is 11.6 Å². The van der Waals surface area contributed by atoms with E-state index >= 15 is 0 Å². The fraction of sp³-hybridized carbons (Fsp3) is 0.600. The van der Waals surface area contributed by atoms with E-state index in [1.165, 1.54) is 69.8 Å². The van der Waals surface area contributed by atoms with E-state index in [2.05, 4.69) is 41.9 Å². The van der Waals surface area contributed by atoms with Crippen molar-refractivity contribution < 1.29 is 0 Å². The van der Waals surface area contributed by atoms with Crippen LogP contribution in [0.2, 0.25) is 0 Å². The summed E-state index contributed by atoms with van der Waals surface area (Å²) in [5.41, 5.74) is 6.87. The third kappa shape index (κ3) is 4.34. The van der Waals surface area contributed by atoms with Gasteiger partial charge < -0.3 is 0 Å². The number of hydrogen-bond acceptors (Lipinski definition) is 0. The molecule has 2 aliphatic rings. The molecule has 0 unspecified atom stereocenters. The van der Waals surface area contributed by atoms with Crippen LogP contribution in [0.15, 0.2) is 30.3 Å². The van der Waals surface area contributed by atoms with E-state index in [0.717, 1.165) is 11.3 Å². The molecule has 3 rings (SSSR count). The Hall–Kier alpha value is -0.790. The summed E-state index contributed by atoms with van der Waals surface area (Å²) in [5, 5.41) is 0. The molecule has 0 atom stereocenters. The highest BCUT2D eigenvalue weighted by molar-refractivity contribution is 7.64. The summed E-state index contributed by atoms with van der Waals surface area (Å²) in [6.07, 6.45) is 14.5. The summed E-state index contributed by atoms with van der Waals surface area (Å²) in [4.78, 5) is 0. The third-order valence-corrected chi connectivity index (χ3v) is 8.02. The van der Waals surface area contributed by atoms with E-state index in [-0.39, 0.29) is 7.92 Å². The van der Waals surface area contributed by atoms with Gasteiger partial charge in [-0.1, -0.05) is 68.3 Å². The van der Waals surface area contributed by atoms with Crippen LogP contribution in [-0.2, 0) is 0 Å². The van der Waals surface area contributed by atoms with Gasteiger partial charge in [0.1, 0.15) is 0 Å². The van der Waals surface area contributed by atoms with Gasteiger partial charge in [-0.25, -0.2) is 0 Å². The second-order valence-corrected chi connectivity index (χ2v) is 9.09. The molecule has 0 heterocycles. The molecule has 112 valence electrons. The molecule has 0 bridgehead atoms. The molecule has 1 heteroatoms. The summed E-state index contributed by atoms with van der Waals surface area (Å²) < 4.78 is 0. The number of benzene rings is 1. The quantitative estimate of drug-likeness (QED) is 0.454. The Morgan fingerprint density at radius 1 is 0.714 bits per heavy atom. The SMILES string of the molecule is C(#CP(C1CCCCC1)C1CCCCC1)c1ccccc1. The third-order valence-electron chi connectivity index (χ3n) is 5.04. The normalized spacial score (nSPS) is 21.0. The molecule has 0 spiro atoms. The molecule has 21 heavy (non-hydrogen) atoms. The predicted octanol–water partition coefficient (Wildman–Crippen LogP) is 6.14. The summed E-state index contributed by atoms with van der Waals surface area (Å²) >= 11 is 0. The molecule has 0 amide bonds. The van der Waals surface area contributed by atoms with Crippen molar-refractivity contribution in [2.75, 3.05) is 0 Å². The zero-order valence-corrected chi connectivity index (χ0v) is 14.0. The van der Waals surface area contributed by atoms with Crippen molar-refractivity contribution in [2.45, 2.75) is 75.5 Å². The average Bonchev–Trinajstić information content (AvgIpc) is 2.58. The second-order valence-electron chi connectivity index (χ2n) is 6.59. The van der Waals surface area contributed by atoms with Gasteiger partial charge in [0.2, 0.25) is 0 Å². The van der Waals surface area contributed by atoms with Crippen molar-refractivity contribution >= 4 is 7.92 Å². The minimum atomic E-state index is -0.0818. The smallest absolute Gasteiger partial charge is 0.0248 e. The Kier molecular flexibility index (Phi) is 5.76. The molecule has 1 aromatic carbocycles. The van der Waals surface area contributed by atoms with Gasteiger partial charge in [-0.05, 0) is 57.1 Å². The van der Waals surface area contributed by atoms with Gasteiger partial charge in [-0.2, -0.15) is 0 Å². The van der Waals surface area contributed by atoms with E-state index in [1.54, 1.807) is 0 Å². The number of rotatable bonds is 2. The Morgan fingerprint density at radius 3 is 1.76 bits per heavy atom. The standard InChI is InChI=1S/C20H27P/c1-4-10-18(11-5-1)16-17-21(19-12-6-2-7-13-19)20-14-8-3-9-15-20/h1,4-5,10-11,19-20H,2-3,6-9,12-15H2. The molecule has 0 nitrogen and oxygen atoms in total. The van der Waals surface area contributed by atoms with E-state index < -0.39 is 0 Å². The monoisotopic (exact) mass is 298 g/mol. The summed E-state index contributed by atoms with van der Waals surface area (Å²) in [5.74, 6) is 3.52. The first kappa shape index (κ1) is 15.1. The minimum Gasteiger partial charge on any atom is -0.0707 e. The fourth-order valence-electron chi connectivity index (χ4n) is 3.85. The van der Waals surface area contributed by atoms with Crippen molar-refractivity contribution in [2.24, 2.45) is 0 Å². The lowest BCUT2D eigenvalue weighted by molar-refractivity contribution is 0.487. The zero-order chi connectivity index (χ0) is 14.3. The van der Waals surface area contributed by atoms with Crippen molar-refractivity contribution in [1.82, 2.24) is 0 Å². The highest BCUT2D eigenvalue weighted by Gasteiger charge is 2.29. The van der Waals surface area contributed by atoms with Crippen LogP contribution in [0.3, 0.4) is 0 Å². The Morgan fingerprint density at radius 2 is 1.24 bits per heavy atom. The summed E-state index contributed by atoms with van der Waals surface area (Å²) in [6, 6.07) is 10.6. The summed E-state index contributed by atoms with van der Waals surface area (Å²) in [7, 11) is -0.0818. The predicted molar refractivity (Wildman–Crippen MR) is 94.0 cm³/mol. The first-order valence-corrected chi connectivity index (χ1v) is 10.3. The van der Waals surface area contributed by atoms with Crippen molar-refractivity contribution in [1.29, 1.82) is 0 Å².